The van der Waals surface area contributed by atoms with Crippen molar-refractivity contribution in [1.82, 2.24) is 4.90 Å². The smallest absolute Gasteiger partial charge is 0.335 e. The van der Waals surface area contributed by atoms with Crippen LogP contribution < -0.4 is 5.32 Å². The van der Waals surface area contributed by atoms with Gasteiger partial charge in [-0.25, -0.2) is 9.59 Å². The Balaban J connectivity index is 1.99. The second-order valence-electron chi connectivity index (χ2n) is 4.81. The van der Waals surface area contributed by atoms with Crippen molar-refractivity contribution in [2.24, 2.45) is 0 Å². The first-order valence-electron chi connectivity index (χ1n) is 6.63. The van der Waals surface area contributed by atoms with E-state index in [1.54, 1.807) is 17.0 Å². The first-order chi connectivity index (χ1) is 9.61. The topological polar surface area (TPSA) is 89.9 Å². The van der Waals surface area contributed by atoms with Gasteiger partial charge in [-0.2, -0.15) is 0 Å². The van der Waals surface area contributed by atoms with Crippen LogP contribution in [-0.2, 0) is 0 Å². The van der Waals surface area contributed by atoms with Crippen LogP contribution in [-0.4, -0.2) is 46.3 Å². The number of hydrogen-bond donors (Lipinski definition) is 3. The Hall–Kier alpha value is -2.08. The summed E-state index contributed by atoms with van der Waals surface area (Å²) in [5.74, 6) is -1.00. The molecule has 1 aliphatic rings. The summed E-state index contributed by atoms with van der Waals surface area (Å²) in [7, 11) is 0. The summed E-state index contributed by atoms with van der Waals surface area (Å²) >= 11 is 0. The normalized spacial score (nSPS) is 14.4. The van der Waals surface area contributed by atoms with Gasteiger partial charge in [-0.05, 0) is 43.5 Å². The quantitative estimate of drug-likeness (QED) is 0.765. The number of urea groups is 1. The fourth-order valence-corrected chi connectivity index (χ4v) is 2.15. The molecule has 0 aromatic heterocycles. The molecule has 0 aliphatic heterocycles. The van der Waals surface area contributed by atoms with Gasteiger partial charge in [0.1, 0.15) is 0 Å². The van der Waals surface area contributed by atoms with Gasteiger partial charge in [-0.3, -0.25) is 0 Å². The van der Waals surface area contributed by atoms with Crippen LogP contribution in [0.2, 0.25) is 0 Å². The number of aliphatic hydroxyl groups excluding tert-OH is 1. The summed E-state index contributed by atoms with van der Waals surface area (Å²) < 4.78 is 0. The van der Waals surface area contributed by atoms with Crippen molar-refractivity contribution in [3.8, 4) is 0 Å². The number of benzene rings is 1. The van der Waals surface area contributed by atoms with Gasteiger partial charge in [0.15, 0.2) is 0 Å². The first kappa shape index (κ1) is 14.3. The summed E-state index contributed by atoms with van der Waals surface area (Å²) in [6.45, 7) is 0.242. The Morgan fingerprint density at radius 1 is 1.25 bits per heavy atom. The minimum absolute atomic E-state index is 0.0676. The van der Waals surface area contributed by atoms with Crippen molar-refractivity contribution in [2.75, 3.05) is 18.5 Å². The van der Waals surface area contributed by atoms with Gasteiger partial charge in [0.2, 0.25) is 0 Å². The molecular formula is C14H18N2O4. The molecule has 1 fully saturated rings. The van der Waals surface area contributed by atoms with E-state index in [4.69, 9.17) is 10.2 Å². The average Bonchev–Trinajstić information content (AvgIpc) is 2.36. The number of carboxylic acids is 1. The summed E-state index contributed by atoms with van der Waals surface area (Å²) in [5.41, 5.74) is 0.719. The third kappa shape index (κ3) is 3.27. The minimum Gasteiger partial charge on any atom is -0.478 e. The number of carbonyl (C=O) groups is 2. The molecule has 1 aromatic carbocycles. The highest BCUT2D eigenvalue weighted by Gasteiger charge is 2.28. The zero-order valence-corrected chi connectivity index (χ0v) is 11.1. The van der Waals surface area contributed by atoms with Crippen molar-refractivity contribution >= 4 is 17.7 Å². The van der Waals surface area contributed by atoms with Crippen LogP contribution in [0.15, 0.2) is 24.3 Å². The standard InChI is InChI=1S/C14H18N2O4/c17-9-8-16(12-2-1-3-12)14(20)15-11-6-4-10(5-7-11)13(18)19/h4-7,12,17H,1-3,8-9H2,(H,15,20)(H,18,19). The van der Waals surface area contributed by atoms with Crippen LogP contribution in [0.4, 0.5) is 10.5 Å². The maximum Gasteiger partial charge on any atom is 0.335 e. The van der Waals surface area contributed by atoms with E-state index in [-0.39, 0.29) is 24.2 Å². The lowest BCUT2D eigenvalue weighted by atomic mass is 9.92. The number of anilines is 1. The Kier molecular flexibility index (Phi) is 4.57. The molecule has 0 spiro atoms. The van der Waals surface area contributed by atoms with E-state index in [0.717, 1.165) is 19.3 Å². The van der Waals surface area contributed by atoms with Gasteiger partial charge >= 0.3 is 12.0 Å². The Morgan fingerprint density at radius 3 is 2.35 bits per heavy atom. The van der Waals surface area contributed by atoms with Crippen LogP contribution in [0.3, 0.4) is 0 Å². The van der Waals surface area contributed by atoms with Gasteiger partial charge < -0.3 is 20.4 Å². The van der Waals surface area contributed by atoms with Gasteiger partial charge in [0.25, 0.3) is 0 Å². The molecule has 0 unspecified atom stereocenters. The molecule has 0 radical (unpaired) electrons. The highest BCUT2D eigenvalue weighted by Crippen LogP contribution is 2.25. The number of nitrogens with zero attached hydrogens (tertiary/aromatic N) is 1. The van der Waals surface area contributed by atoms with Gasteiger partial charge in [-0.1, -0.05) is 0 Å². The first-order valence-corrected chi connectivity index (χ1v) is 6.63. The fourth-order valence-electron chi connectivity index (χ4n) is 2.15. The van der Waals surface area contributed by atoms with Crippen LogP contribution >= 0.6 is 0 Å². The van der Waals surface area contributed by atoms with E-state index in [1.807, 2.05) is 0 Å². The zero-order valence-electron chi connectivity index (χ0n) is 11.1. The number of nitrogens with one attached hydrogen (secondary N) is 1. The second-order valence-corrected chi connectivity index (χ2v) is 4.81. The SMILES string of the molecule is O=C(O)c1ccc(NC(=O)N(CCO)C2CCC2)cc1. The number of hydrogen-bond acceptors (Lipinski definition) is 3. The van der Waals surface area contributed by atoms with E-state index in [9.17, 15) is 9.59 Å². The molecule has 2 amide bonds. The predicted octanol–water partition coefficient (Wildman–Crippen LogP) is 1.76. The summed E-state index contributed by atoms with van der Waals surface area (Å²) in [5, 5.41) is 20.6. The molecule has 1 aliphatic carbocycles. The molecule has 0 saturated heterocycles. The molecule has 0 atom stereocenters. The molecule has 3 N–H and O–H groups in total. The monoisotopic (exact) mass is 278 g/mol. The van der Waals surface area contributed by atoms with E-state index in [2.05, 4.69) is 5.32 Å². The Morgan fingerprint density at radius 2 is 1.90 bits per heavy atom. The Bertz CT molecular complexity index is 482. The van der Waals surface area contributed by atoms with E-state index in [1.165, 1.54) is 12.1 Å². The molecule has 1 saturated carbocycles. The van der Waals surface area contributed by atoms with Crippen LogP contribution in [0.25, 0.3) is 0 Å². The van der Waals surface area contributed by atoms with Gasteiger partial charge in [0, 0.05) is 18.3 Å². The largest absolute Gasteiger partial charge is 0.478 e. The lowest BCUT2D eigenvalue weighted by molar-refractivity contribution is 0.0697. The molecule has 6 heteroatoms. The molecular weight excluding hydrogens is 260 g/mol. The minimum atomic E-state index is -1.00. The number of carbonyl (C=O) groups excluding carboxylic acids is 1. The number of aliphatic hydroxyl groups is 1. The lowest BCUT2D eigenvalue weighted by Crippen LogP contribution is -2.47. The predicted molar refractivity (Wildman–Crippen MR) is 73.9 cm³/mol. The fraction of sp³-hybridized carbons (Fsp3) is 0.429. The average molecular weight is 278 g/mol. The number of amides is 2. The third-order valence-electron chi connectivity index (χ3n) is 3.50. The molecule has 0 bridgehead atoms. The summed E-state index contributed by atoms with van der Waals surface area (Å²) in [6, 6.07) is 5.93. The van der Waals surface area contributed by atoms with Crippen molar-refractivity contribution in [1.29, 1.82) is 0 Å². The molecule has 0 heterocycles. The van der Waals surface area contributed by atoms with E-state index >= 15 is 0 Å². The second kappa shape index (κ2) is 6.38. The van der Waals surface area contributed by atoms with Crippen LogP contribution in [0, 0.1) is 0 Å². The van der Waals surface area contributed by atoms with Crippen molar-refractivity contribution in [2.45, 2.75) is 25.3 Å². The van der Waals surface area contributed by atoms with Crippen molar-refractivity contribution in [3.05, 3.63) is 29.8 Å². The molecule has 108 valence electrons. The molecule has 20 heavy (non-hydrogen) atoms. The molecule has 6 nitrogen and oxygen atoms in total. The van der Waals surface area contributed by atoms with E-state index < -0.39 is 5.97 Å². The molecule has 1 aromatic rings. The van der Waals surface area contributed by atoms with Crippen molar-refractivity contribution < 1.29 is 19.8 Å². The third-order valence-corrected chi connectivity index (χ3v) is 3.50. The summed E-state index contributed by atoms with van der Waals surface area (Å²) in [4.78, 5) is 24.5. The van der Waals surface area contributed by atoms with Gasteiger partial charge in [-0.15, -0.1) is 0 Å². The maximum atomic E-state index is 12.1. The highest BCUT2D eigenvalue weighted by atomic mass is 16.4. The maximum absolute atomic E-state index is 12.1. The van der Waals surface area contributed by atoms with Crippen LogP contribution in [0.5, 0.6) is 0 Å². The highest BCUT2D eigenvalue weighted by molar-refractivity contribution is 5.91. The lowest BCUT2D eigenvalue weighted by Gasteiger charge is -2.37. The van der Waals surface area contributed by atoms with Crippen LogP contribution in [0.1, 0.15) is 29.6 Å². The Labute approximate surface area is 117 Å². The number of carboxylic acid groups (broad SMARTS) is 1. The summed E-state index contributed by atoms with van der Waals surface area (Å²) in [6.07, 6.45) is 3.03. The van der Waals surface area contributed by atoms with Gasteiger partial charge in [0.05, 0.1) is 12.2 Å². The van der Waals surface area contributed by atoms with Crippen molar-refractivity contribution in [3.63, 3.8) is 0 Å². The zero-order chi connectivity index (χ0) is 14.5. The van der Waals surface area contributed by atoms with E-state index in [0.29, 0.717) is 12.2 Å². The number of aromatic carboxylic acids is 1. The number of rotatable bonds is 5. The molecule has 2 rings (SSSR count).